The summed E-state index contributed by atoms with van der Waals surface area (Å²) in [5, 5.41) is -2.32. The fourth-order valence-electron chi connectivity index (χ4n) is 0.459. The minimum Gasteiger partial charge on any atom is -0.491 e. The van der Waals surface area contributed by atoms with E-state index in [-0.39, 0.29) is 0 Å². The summed E-state index contributed by atoms with van der Waals surface area (Å²) >= 11 is 4.42. The summed E-state index contributed by atoms with van der Waals surface area (Å²) < 4.78 is 73.6. The summed E-state index contributed by atoms with van der Waals surface area (Å²) in [6, 6.07) is 0. The molecule has 0 amide bonds. The maximum Gasteiger partial charge on any atom is 0.450 e. The minimum atomic E-state index is -5.26. The normalized spacial score (nSPS) is 15.4. The summed E-state index contributed by atoms with van der Waals surface area (Å²) in [5.41, 5.74) is 0. The molecule has 0 heterocycles. The van der Waals surface area contributed by atoms with Gasteiger partial charge in [0.25, 0.3) is 0 Å². The lowest BCUT2D eigenvalue weighted by Gasteiger charge is -2.13. The molecule has 0 atom stereocenters. The molecule has 0 aromatic heterocycles. The smallest absolute Gasteiger partial charge is 0.450 e. The van der Waals surface area contributed by atoms with Crippen molar-refractivity contribution in [2.24, 2.45) is 0 Å². The van der Waals surface area contributed by atoms with Crippen molar-refractivity contribution in [2.75, 3.05) is 7.11 Å². The number of allylic oxidation sites excluding steroid dienone is 2. The van der Waals surface area contributed by atoms with Crippen LogP contribution in [0, 0.1) is 0 Å². The van der Waals surface area contributed by atoms with Crippen LogP contribution in [-0.4, -0.2) is 19.5 Å². The zero-order valence-electron chi connectivity index (χ0n) is 6.05. The Bertz CT molecular complexity index is 214. The molecule has 0 bridgehead atoms. The van der Waals surface area contributed by atoms with Crippen LogP contribution in [0.4, 0.5) is 26.3 Å². The second-order valence-electron chi connectivity index (χ2n) is 1.84. The van der Waals surface area contributed by atoms with E-state index in [2.05, 4.69) is 16.3 Å². The van der Waals surface area contributed by atoms with Gasteiger partial charge in [0.1, 0.15) is 0 Å². The maximum absolute atomic E-state index is 11.7. The number of alkyl halides is 6. The van der Waals surface area contributed by atoms with Crippen LogP contribution in [0.2, 0.25) is 0 Å². The van der Waals surface area contributed by atoms with Gasteiger partial charge in [0.05, 0.1) is 7.11 Å². The van der Waals surface area contributed by atoms with Crippen LogP contribution in [0.3, 0.4) is 0 Å². The topological polar surface area (TPSA) is 9.23 Å². The van der Waals surface area contributed by atoms with E-state index in [0.717, 1.165) is 0 Å². The molecule has 0 saturated heterocycles. The molecule has 0 unspecified atom stereocenters. The lowest BCUT2D eigenvalue weighted by molar-refractivity contribution is -0.139. The first-order valence-corrected chi connectivity index (χ1v) is 3.06. The highest BCUT2D eigenvalue weighted by molar-refractivity contribution is 6.30. The van der Waals surface area contributed by atoms with E-state index in [1.54, 1.807) is 0 Å². The van der Waals surface area contributed by atoms with Gasteiger partial charge in [-0.2, -0.15) is 26.3 Å². The van der Waals surface area contributed by atoms with E-state index in [9.17, 15) is 26.3 Å². The van der Waals surface area contributed by atoms with Crippen LogP contribution >= 0.6 is 11.6 Å². The summed E-state index contributed by atoms with van der Waals surface area (Å²) in [7, 11) is 0.455. The second kappa shape index (κ2) is 3.65. The minimum absolute atomic E-state index is 0.455. The van der Waals surface area contributed by atoms with E-state index < -0.39 is 23.1 Å². The Morgan fingerprint density at radius 3 is 1.46 bits per heavy atom. The molecule has 0 radical (unpaired) electrons. The monoisotopic (exact) mass is 228 g/mol. The van der Waals surface area contributed by atoms with E-state index >= 15 is 0 Å². The highest BCUT2D eigenvalue weighted by atomic mass is 35.5. The first-order valence-electron chi connectivity index (χ1n) is 2.69. The Balaban J connectivity index is 5.16. The van der Waals surface area contributed by atoms with Gasteiger partial charge in [0.15, 0.2) is 5.03 Å². The summed E-state index contributed by atoms with van der Waals surface area (Å²) in [6.07, 6.45) is -10.5. The van der Waals surface area contributed by atoms with Gasteiger partial charge in [0, 0.05) is 0 Å². The standard InChI is InChI=1S/C5H3ClF6O/c1-13-3(5(10,11)12)2(6)4(7,8)9/h1H3/b3-2+. The average Bonchev–Trinajstić information content (AvgIpc) is 1.83. The Kier molecular flexibility index (Phi) is 3.48. The van der Waals surface area contributed by atoms with Crippen molar-refractivity contribution in [3.63, 3.8) is 0 Å². The number of ether oxygens (including phenoxy) is 1. The largest absolute Gasteiger partial charge is 0.491 e. The molecule has 78 valence electrons. The van der Waals surface area contributed by atoms with Gasteiger partial charge in [-0.05, 0) is 0 Å². The SMILES string of the molecule is CO/C(=C(/Cl)C(F)(F)F)C(F)(F)F. The molecule has 0 fully saturated rings. The highest BCUT2D eigenvalue weighted by Gasteiger charge is 2.46. The van der Waals surface area contributed by atoms with Crippen molar-refractivity contribution >= 4 is 11.6 Å². The number of methoxy groups -OCH3 is 1. The quantitative estimate of drug-likeness (QED) is 0.495. The van der Waals surface area contributed by atoms with Crippen LogP contribution in [0.15, 0.2) is 10.8 Å². The lowest BCUT2D eigenvalue weighted by Crippen LogP contribution is -2.20. The van der Waals surface area contributed by atoms with Crippen LogP contribution in [-0.2, 0) is 4.74 Å². The fourth-order valence-corrected chi connectivity index (χ4v) is 0.643. The molecule has 0 aliphatic heterocycles. The molecule has 13 heavy (non-hydrogen) atoms. The van der Waals surface area contributed by atoms with Crippen molar-refractivity contribution in [2.45, 2.75) is 12.4 Å². The lowest BCUT2D eigenvalue weighted by atomic mass is 10.4. The first-order chi connectivity index (χ1) is 5.60. The average molecular weight is 229 g/mol. The van der Waals surface area contributed by atoms with Crippen LogP contribution in [0.5, 0.6) is 0 Å². The third kappa shape index (κ3) is 3.33. The van der Waals surface area contributed by atoms with Crippen molar-refractivity contribution < 1.29 is 31.1 Å². The maximum atomic E-state index is 11.7. The molecule has 8 heteroatoms. The molecule has 0 N–H and O–H groups in total. The van der Waals surface area contributed by atoms with Gasteiger partial charge in [-0.25, -0.2) is 0 Å². The van der Waals surface area contributed by atoms with Gasteiger partial charge in [-0.15, -0.1) is 0 Å². The third-order valence-corrected chi connectivity index (χ3v) is 1.30. The van der Waals surface area contributed by atoms with Crippen molar-refractivity contribution in [3.8, 4) is 0 Å². The van der Waals surface area contributed by atoms with Gasteiger partial charge in [-0.3, -0.25) is 0 Å². The highest BCUT2D eigenvalue weighted by Crippen LogP contribution is 2.38. The third-order valence-electron chi connectivity index (χ3n) is 0.910. The fraction of sp³-hybridized carbons (Fsp3) is 0.600. The van der Waals surface area contributed by atoms with Crippen molar-refractivity contribution in [1.29, 1.82) is 0 Å². The Labute approximate surface area is 73.9 Å². The Hall–Kier alpha value is -0.590. The van der Waals surface area contributed by atoms with E-state index in [0.29, 0.717) is 7.11 Å². The molecule has 0 aliphatic carbocycles. The number of hydrogen-bond acceptors (Lipinski definition) is 1. The van der Waals surface area contributed by atoms with Gasteiger partial charge in [-0.1, -0.05) is 11.6 Å². The molecule has 1 nitrogen and oxygen atoms in total. The van der Waals surface area contributed by atoms with Crippen LogP contribution in [0.25, 0.3) is 0 Å². The van der Waals surface area contributed by atoms with Crippen molar-refractivity contribution in [3.05, 3.63) is 10.8 Å². The molecule has 0 saturated carbocycles. The summed E-state index contributed by atoms with van der Waals surface area (Å²) in [4.78, 5) is 0. The Morgan fingerprint density at radius 1 is 1.00 bits per heavy atom. The van der Waals surface area contributed by atoms with Gasteiger partial charge < -0.3 is 4.74 Å². The molecule has 0 spiro atoms. The zero-order chi connectivity index (χ0) is 10.9. The summed E-state index contributed by atoms with van der Waals surface area (Å²) in [5.74, 6) is -2.25. The molecule has 0 aromatic carbocycles. The van der Waals surface area contributed by atoms with E-state index in [1.807, 2.05) is 0 Å². The van der Waals surface area contributed by atoms with Gasteiger partial charge in [0.2, 0.25) is 5.76 Å². The predicted octanol–water partition coefficient (Wildman–Crippen LogP) is 3.21. The molecule has 0 rings (SSSR count). The first kappa shape index (κ1) is 12.4. The molecule has 0 aliphatic rings. The Morgan fingerprint density at radius 2 is 1.38 bits per heavy atom. The van der Waals surface area contributed by atoms with Crippen LogP contribution in [0.1, 0.15) is 0 Å². The number of halogens is 7. The number of rotatable bonds is 1. The zero-order valence-corrected chi connectivity index (χ0v) is 6.81. The van der Waals surface area contributed by atoms with Gasteiger partial charge >= 0.3 is 12.4 Å². The van der Waals surface area contributed by atoms with Crippen LogP contribution < -0.4 is 0 Å². The molecular weight excluding hydrogens is 225 g/mol. The van der Waals surface area contributed by atoms with E-state index in [4.69, 9.17) is 0 Å². The number of hydrogen-bond donors (Lipinski definition) is 0. The summed E-state index contributed by atoms with van der Waals surface area (Å²) in [6.45, 7) is 0. The van der Waals surface area contributed by atoms with Crippen molar-refractivity contribution in [1.82, 2.24) is 0 Å². The second-order valence-corrected chi connectivity index (χ2v) is 2.22. The molecule has 0 aromatic rings. The van der Waals surface area contributed by atoms with E-state index in [1.165, 1.54) is 0 Å². The predicted molar refractivity (Wildman–Crippen MR) is 32.0 cm³/mol. The molecular formula is C5H3ClF6O.